The van der Waals surface area contributed by atoms with Gasteiger partial charge in [-0.1, -0.05) is 19.1 Å². The van der Waals surface area contributed by atoms with Crippen molar-refractivity contribution in [2.75, 3.05) is 6.61 Å². The minimum Gasteiger partial charge on any atom is -0.484 e. The lowest BCUT2D eigenvalue weighted by Gasteiger charge is -2.17. The fourth-order valence-corrected chi connectivity index (χ4v) is 1.61. The van der Waals surface area contributed by atoms with Crippen molar-refractivity contribution in [2.24, 2.45) is 0 Å². The van der Waals surface area contributed by atoms with Crippen LogP contribution >= 0.6 is 0 Å². The molecule has 0 spiro atoms. The maximum atomic E-state index is 11.6. The minimum atomic E-state index is -1.34. The first-order chi connectivity index (χ1) is 9.43. The summed E-state index contributed by atoms with van der Waals surface area (Å²) in [5.41, 5.74) is 1.08. The Morgan fingerprint density at radius 3 is 2.65 bits per heavy atom. The van der Waals surface area contributed by atoms with E-state index in [1.807, 2.05) is 25.1 Å². The van der Waals surface area contributed by atoms with Crippen LogP contribution < -0.4 is 10.1 Å². The highest BCUT2D eigenvalue weighted by Gasteiger charge is 2.24. The first kappa shape index (κ1) is 16.0. The number of amides is 1. The molecule has 1 aromatic rings. The van der Waals surface area contributed by atoms with Crippen LogP contribution in [-0.4, -0.2) is 40.8 Å². The molecule has 0 aliphatic carbocycles. The van der Waals surface area contributed by atoms with E-state index in [1.165, 1.54) is 6.92 Å². The van der Waals surface area contributed by atoms with E-state index in [4.69, 9.17) is 9.84 Å². The van der Waals surface area contributed by atoms with Gasteiger partial charge in [0.2, 0.25) is 0 Å². The summed E-state index contributed by atoms with van der Waals surface area (Å²) in [6.45, 7) is 3.00. The quantitative estimate of drug-likeness (QED) is 0.679. The number of carbonyl (C=O) groups excluding carboxylic acids is 1. The standard InChI is InChI=1S/C14H19NO5/c1-3-10-5-4-6-11(7-10)20-8-12(17)15-13(9(2)16)14(18)19/h4-7,9,13,16H,3,8H2,1-2H3,(H,15,17)(H,18,19)/t9-,13+/m1/s1. The van der Waals surface area contributed by atoms with Gasteiger partial charge in [-0.15, -0.1) is 0 Å². The van der Waals surface area contributed by atoms with Gasteiger partial charge in [-0.2, -0.15) is 0 Å². The molecule has 1 rings (SSSR count). The number of hydrogen-bond acceptors (Lipinski definition) is 4. The number of carboxylic acid groups (broad SMARTS) is 1. The average Bonchev–Trinajstić information content (AvgIpc) is 2.42. The van der Waals surface area contributed by atoms with Crippen LogP contribution in [0.4, 0.5) is 0 Å². The van der Waals surface area contributed by atoms with Crippen LogP contribution in [0.1, 0.15) is 19.4 Å². The lowest BCUT2D eigenvalue weighted by Crippen LogP contribution is -2.49. The van der Waals surface area contributed by atoms with E-state index in [-0.39, 0.29) is 6.61 Å². The van der Waals surface area contributed by atoms with E-state index >= 15 is 0 Å². The fourth-order valence-electron chi connectivity index (χ4n) is 1.61. The topological polar surface area (TPSA) is 95.9 Å². The molecule has 0 saturated carbocycles. The summed E-state index contributed by atoms with van der Waals surface area (Å²) in [4.78, 5) is 22.4. The van der Waals surface area contributed by atoms with Crippen LogP contribution in [0.2, 0.25) is 0 Å². The molecular formula is C14H19NO5. The third-order valence-corrected chi connectivity index (χ3v) is 2.74. The molecule has 6 heteroatoms. The van der Waals surface area contributed by atoms with Gasteiger partial charge in [-0.05, 0) is 31.0 Å². The van der Waals surface area contributed by atoms with Crippen LogP contribution in [0.25, 0.3) is 0 Å². The summed E-state index contributed by atoms with van der Waals surface area (Å²) in [6, 6.07) is 5.96. The molecular weight excluding hydrogens is 262 g/mol. The number of hydrogen-bond donors (Lipinski definition) is 3. The van der Waals surface area contributed by atoms with E-state index in [0.29, 0.717) is 5.75 Å². The van der Waals surface area contributed by atoms with Crippen molar-refractivity contribution >= 4 is 11.9 Å². The zero-order valence-electron chi connectivity index (χ0n) is 11.5. The Bertz CT molecular complexity index is 472. The summed E-state index contributed by atoms with van der Waals surface area (Å²) in [7, 11) is 0. The molecule has 0 saturated heterocycles. The van der Waals surface area contributed by atoms with E-state index in [1.54, 1.807) is 6.07 Å². The molecule has 0 aliphatic heterocycles. The number of rotatable bonds is 7. The van der Waals surface area contributed by atoms with Gasteiger partial charge in [0, 0.05) is 0 Å². The third-order valence-electron chi connectivity index (χ3n) is 2.74. The first-order valence-corrected chi connectivity index (χ1v) is 6.36. The minimum absolute atomic E-state index is 0.302. The maximum Gasteiger partial charge on any atom is 0.328 e. The Kier molecular flexibility index (Phi) is 5.99. The number of aryl methyl sites for hydroxylation is 1. The number of nitrogens with one attached hydrogen (secondary N) is 1. The Labute approximate surface area is 117 Å². The number of ether oxygens (including phenoxy) is 1. The van der Waals surface area contributed by atoms with Crippen LogP contribution in [0, 0.1) is 0 Å². The molecule has 0 bridgehead atoms. The first-order valence-electron chi connectivity index (χ1n) is 6.36. The molecule has 110 valence electrons. The molecule has 0 fully saturated rings. The van der Waals surface area contributed by atoms with Gasteiger partial charge in [0.15, 0.2) is 12.6 Å². The second-order valence-electron chi connectivity index (χ2n) is 4.41. The lowest BCUT2D eigenvalue weighted by molar-refractivity contribution is -0.145. The molecule has 0 unspecified atom stereocenters. The van der Waals surface area contributed by atoms with Crippen molar-refractivity contribution in [2.45, 2.75) is 32.4 Å². The van der Waals surface area contributed by atoms with Gasteiger partial charge in [-0.3, -0.25) is 4.79 Å². The smallest absolute Gasteiger partial charge is 0.328 e. The number of benzene rings is 1. The van der Waals surface area contributed by atoms with Crippen molar-refractivity contribution in [1.82, 2.24) is 5.32 Å². The Morgan fingerprint density at radius 2 is 2.10 bits per heavy atom. The second-order valence-corrected chi connectivity index (χ2v) is 4.41. The van der Waals surface area contributed by atoms with E-state index < -0.39 is 24.0 Å². The normalized spacial score (nSPS) is 13.3. The zero-order chi connectivity index (χ0) is 15.1. The summed E-state index contributed by atoms with van der Waals surface area (Å²) in [5, 5.41) is 20.3. The molecule has 1 aromatic carbocycles. The van der Waals surface area contributed by atoms with Gasteiger partial charge < -0.3 is 20.3 Å². The van der Waals surface area contributed by atoms with Crippen LogP contribution in [-0.2, 0) is 16.0 Å². The van der Waals surface area contributed by atoms with Crippen molar-refractivity contribution in [3.8, 4) is 5.75 Å². The monoisotopic (exact) mass is 281 g/mol. The number of aliphatic hydroxyl groups is 1. The average molecular weight is 281 g/mol. The van der Waals surface area contributed by atoms with Crippen LogP contribution in [0.3, 0.4) is 0 Å². The fraction of sp³-hybridized carbons (Fsp3) is 0.429. The number of carbonyl (C=O) groups is 2. The predicted molar refractivity (Wildman–Crippen MR) is 72.6 cm³/mol. The summed E-state index contributed by atoms with van der Waals surface area (Å²) < 4.78 is 5.28. The summed E-state index contributed by atoms with van der Waals surface area (Å²) >= 11 is 0. The zero-order valence-corrected chi connectivity index (χ0v) is 11.5. The molecule has 20 heavy (non-hydrogen) atoms. The molecule has 0 aliphatic rings. The number of carboxylic acids is 1. The molecule has 3 N–H and O–H groups in total. The Hall–Kier alpha value is -2.08. The summed E-state index contributed by atoms with van der Waals surface area (Å²) in [6.07, 6.45) is -0.327. The van der Waals surface area contributed by atoms with Crippen molar-refractivity contribution in [1.29, 1.82) is 0 Å². The summed E-state index contributed by atoms with van der Waals surface area (Å²) in [5.74, 6) is -1.34. The number of aliphatic carboxylic acids is 1. The van der Waals surface area contributed by atoms with E-state index in [2.05, 4.69) is 5.32 Å². The van der Waals surface area contributed by atoms with E-state index in [9.17, 15) is 14.7 Å². The van der Waals surface area contributed by atoms with Crippen molar-refractivity contribution in [3.05, 3.63) is 29.8 Å². The van der Waals surface area contributed by atoms with Gasteiger partial charge >= 0.3 is 5.97 Å². The van der Waals surface area contributed by atoms with Gasteiger partial charge in [0.25, 0.3) is 5.91 Å². The van der Waals surface area contributed by atoms with Crippen molar-refractivity contribution in [3.63, 3.8) is 0 Å². The highest BCUT2D eigenvalue weighted by atomic mass is 16.5. The highest BCUT2D eigenvalue weighted by molar-refractivity contribution is 5.84. The SMILES string of the molecule is CCc1cccc(OCC(=O)N[C@H](C(=O)O)[C@@H](C)O)c1. The molecule has 1 amide bonds. The molecule has 2 atom stereocenters. The molecule has 0 aromatic heterocycles. The highest BCUT2D eigenvalue weighted by Crippen LogP contribution is 2.13. The molecule has 6 nitrogen and oxygen atoms in total. The Balaban J connectivity index is 2.52. The lowest BCUT2D eigenvalue weighted by atomic mass is 10.2. The van der Waals surface area contributed by atoms with Crippen LogP contribution in [0.15, 0.2) is 24.3 Å². The van der Waals surface area contributed by atoms with E-state index in [0.717, 1.165) is 12.0 Å². The second kappa shape index (κ2) is 7.49. The number of aliphatic hydroxyl groups excluding tert-OH is 1. The third kappa shape index (κ3) is 4.89. The van der Waals surface area contributed by atoms with Gasteiger partial charge in [0.1, 0.15) is 5.75 Å². The van der Waals surface area contributed by atoms with Crippen molar-refractivity contribution < 1.29 is 24.5 Å². The molecule has 0 heterocycles. The van der Waals surface area contributed by atoms with Gasteiger partial charge in [0.05, 0.1) is 6.10 Å². The predicted octanol–water partition coefficient (Wildman–Crippen LogP) is 0.578. The maximum absolute atomic E-state index is 11.6. The molecule has 0 radical (unpaired) electrons. The largest absolute Gasteiger partial charge is 0.484 e. The van der Waals surface area contributed by atoms with Gasteiger partial charge in [-0.25, -0.2) is 4.79 Å². The Morgan fingerprint density at radius 1 is 1.40 bits per heavy atom. The van der Waals surface area contributed by atoms with Crippen LogP contribution in [0.5, 0.6) is 5.75 Å².